The second kappa shape index (κ2) is 8.02. The maximum atomic E-state index is 2.49. The molecule has 1 nitrogen and oxygen atoms in total. The van der Waals surface area contributed by atoms with Crippen LogP contribution < -0.4 is 4.57 Å². The van der Waals surface area contributed by atoms with Crippen LogP contribution in [0.2, 0.25) is 0 Å². The van der Waals surface area contributed by atoms with Crippen molar-refractivity contribution in [3.05, 3.63) is 75.3 Å². The van der Waals surface area contributed by atoms with Crippen LogP contribution in [0.25, 0.3) is 22.5 Å². The van der Waals surface area contributed by atoms with E-state index in [0.29, 0.717) is 0 Å². The van der Waals surface area contributed by atoms with Crippen LogP contribution in [0.4, 0.5) is 0 Å². The highest BCUT2D eigenvalue weighted by molar-refractivity contribution is 5.71. The summed E-state index contributed by atoms with van der Waals surface area (Å²) in [5, 5.41) is 0. The molecule has 1 aliphatic rings. The van der Waals surface area contributed by atoms with Crippen molar-refractivity contribution in [3.63, 3.8) is 0 Å². The monoisotopic (exact) mass is 398 g/mol. The summed E-state index contributed by atoms with van der Waals surface area (Å²) < 4.78 is 2.45. The van der Waals surface area contributed by atoms with Gasteiger partial charge in [0.25, 0.3) is 0 Å². The molecule has 0 spiro atoms. The Morgan fingerprint density at radius 1 is 0.600 bits per heavy atom. The summed E-state index contributed by atoms with van der Waals surface area (Å²) in [7, 11) is 2.25. The Morgan fingerprint density at radius 2 is 1.13 bits per heavy atom. The van der Waals surface area contributed by atoms with Gasteiger partial charge in [0.05, 0.1) is 0 Å². The standard InChI is InChI=1S/C29H36N/c1-18-12-13-25(24-10-8-9-11-24)17-27(18)29-23(6)15-22(5)28(30(29)7)26-16-20(3)19(2)14-21(26)4/h12-17,24H,8-11H2,1-7H3/q+1. The number of aryl methyl sites for hydroxylation is 6. The van der Waals surface area contributed by atoms with Gasteiger partial charge in [0.1, 0.15) is 7.05 Å². The third kappa shape index (κ3) is 3.60. The maximum Gasteiger partial charge on any atom is 0.215 e. The number of pyridine rings is 1. The highest BCUT2D eigenvalue weighted by atomic mass is 15.0. The highest BCUT2D eigenvalue weighted by Gasteiger charge is 2.26. The van der Waals surface area contributed by atoms with Gasteiger partial charge in [-0.05, 0) is 106 Å². The Labute approximate surface area is 182 Å². The lowest BCUT2D eigenvalue weighted by Gasteiger charge is -2.17. The highest BCUT2D eigenvalue weighted by Crippen LogP contribution is 2.37. The molecule has 1 saturated carbocycles. The second-order valence-corrected chi connectivity index (χ2v) is 9.57. The number of hydrogen-bond donors (Lipinski definition) is 0. The van der Waals surface area contributed by atoms with E-state index in [2.05, 4.69) is 89.6 Å². The van der Waals surface area contributed by atoms with Gasteiger partial charge in [-0.3, -0.25) is 0 Å². The van der Waals surface area contributed by atoms with E-state index in [9.17, 15) is 0 Å². The smallest absolute Gasteiger partial charge is 0.194 e. The van der Waals surface area contributed by atoms with Crippen molar-refractivity contribution < 1.29 is 4.57 Å². The maximum absolute atomic E-state index is 2.49. The van der Waals surface area contributed by atoms with Gasteiger partial charge in [-0.15, -0.1) is 0 Å². The predicted octanol–water partition coefficient (Wildman–Crippen LogP) is 7.35. The normalized spacial score (nSPS) is 14.5. The van der Waals surface area contributed by atoms with E-state index in [1.54, 1.807) is 0 Å². The molecule has 1 fully saturated rings. The Hall–Kier alpha value is -2.41. The SMILES string of the molecule is Cc1cc(C)c(-c2c(C)cc(C)c(-c3cc(C4CCCC4)ccc3C)[n+]2C)cc1C. The Bertz CT molecular complexity index is 1110. The van der Waals surface area contributed by atoms with Crippen LogP contribution in [0.5, 0.6) is 0 Å². The van der Waals surface area contributed by atoms with E-state index in [-0.39, 0.29) is 0 Å². The molecule has 0 saturated heterocycles. The van der Waals surface area contributed by atoms with Crippen LogP contribution in [0.1, 0.15) is 70.5 Å². The molecule has 1 heteroatoms. The van der Waals surface area contributed by atoms with Crippen molar-refractivity contribution in [2.45, 2.75) is 73.1 Å². The molecule has 0 aliphatic heterocycles. The van der Waals surface area contributed by atoms with Crippen molar-refractivity contribution in [1.29, 1.82) is 0 Å². The lowest BCUT2D eigenvalue weighted by molar-refractivity contribution is -0.649. The molecule has 1 aliphatic carbocycles. The lowest BCUT2D eigenvalue weighted by Crippen LogP contribution is -2.36. The fourth-order valence-electron chi connectivity index (χ4n) is 5.51. The molecule has 0 radical (unpaired) electrons. The minimum Gasteiger partial charge on any atom is -0.194 e. The number of aromatic nitrogens is 1. The summed E-state index contributed by atoms with van der Waals surface area (Å²) in [6.45, 7) is 13.4. The third-order valence-electron chi connectivity index (χ3n) is 7.29. The summed E-state index contributed by atoms with van der Waals surface area (Å²) in [6.07, 6.45) is 5.44. The molecular formula is C29H36N+. The molecule has 0 N–H and O–H groups in total. The molecule has 0 amide bonds. The third-order valence-corrected chi connectivity index (χ3v) is 7.29. The van der Waals surface area contributed by atoms with Crippen molar-refractivity contribution in [2.75, 3.05) is 0 Å². The first-order chi connectivity index (χ1) is 14.3. The zero-order chi connectivity index (χ0) is 21.6. The van der Waals surface area contributed by atoms with E-state index >= 15 is 0 Å². The summed E-state index contributed by atoms with van der Waals surface area (Å²) in [5.74, 6) is 0.738. The van der Waals surface area contributed by atoms with Gasteiger partial charge in [0.15, 0.2) is 0 Å². The lowest BCUT2D eigenvalue weighted by atomic mass is 9.90. The van der Waals surface area contributed by atoms with Crippen LogP contribution in [0.3, 0.4) is 0 Å². The molecule has 0 bridgehead atoms. The van der Waals surface area contributed by atoms with Gasteiger partial charge < -0.3 is 0 Å². The number of benzene rings is 2. The first-order valence-electron chi connectivity index (χ1n) is 11.5. The van der Waals surface area contributed by atoms with Gasteiger partial charge in [-0.1, -0.05) is 31.0 Å². The molecule has 0 atom stereocenters. The van der Waals surface area contributed by atoms with E-state index < -0.39 is 0 Å². The molecule has 156 valence electrons. The number of nitrogens with zero attached hydrogens (tertiary/aromatic N) is 1. The van der Waals surface area contributed by atoms with Crippen molar-refractivity contribution in [1.82, 2.24) is 0 Å². The predicted molar refractivity (Wildman–Crippen MR) is 128 cm³/mol. The number of hydrogen-bond acceptors (Lipinski definition) is 0. The van der Waals surface area contributed by atoms with Crippen molar-refractivity contribution >= 4 is 0 Å². The van der Waals surface area contributed by atoms with Gasteiger partial charge >= 0.3 is 0 Å². The summed E-state index contributed by atoms with van der Waals surface area (Å²) >= 11 is 0. The summed E-state index contributed by atoms with van der Waals surface area (Å²) in [4.78, 5) is 0. The molecule has 0 unspecified atom stereocenters. The minimum absolute atomic E-state index is 0.738. The van der Waals surface area contributed by atoms with Crippen LogP contribution in [0, 0.1) is 41.5 Å². The summed E-state index contributed by atoms with van der Waals surface area (Å²) in [6, 6.07) is 14.3. The van der Waals surface area contributed by atoms with Gasteiger partial charge in [-0.25, -0.2) is 0 Å². The quantitative estimate of drug-likeness (QED) is 0.406. The fourth-order valence-corrected chi connectivity index (χ4v) is 5.51. The van der Waals surface area contributed by atoms with Crippen LogP contribution in [0.15, 0.2) is 36.4 Å². The average molecular weight is 399 g/mol. The molecule has 30 heavy (non-hydrogen) atoms. The molecule has 3 aromatic rings. The first kappa shape index (κ1) is 20.8. The van der Waals surface area contributed by atoms with E-state index in [1.165, 1.54) is 87.1 Å². The van der Waals surface area contributed by atoms with E-state index in [4.69, 9.17) is 0 Å². The fraction of sp³-hybridized carbons (Fsp3) is 0.414. The summed E-state index contributed by atoms with van der Waals surface area (Å²) in [5.41, 5.74) is 15.1. The molecule has 2 aromatic carbocycles. The zero-order valence-electron chi connectivity index (χ0n) is 19.8. The van der Waals surface area contributed by atoms with E-state index in [0.717, 1.165) is 5.92 Å². The van der Waals surface area contributed by atoms with Crippen LogP contribution in [-0.4, -0.2) is 0 Å². The Kier molecular flexibility index (Phi) is 5.57. The molecular weight excluding hydrogens is 362 g/mol. The zero-order valence-corrected chi connectivity index (χ0v) is 19.8. The Balaban J connectivity index is 1.94. The van der Waals surface area contributed by atoms with Crippen molar-refractivity contribution in [2.24, 2.45) is 7.05 Å². The minimum atomic E-state index is 0.738. The largest absolute Gasteiger partial charge is 0.215 e. The Morgan fingerprint density at radius 3 is 1.77 bits per heavy atom. The number of rotatable bonds is 3. The van der Waals surface area contributed by atoms with Gasteiger partial charge in [0, 0.05) is 22.3 Å². The van der Waals surface area contributed by atoms with Gasteiger partial charge in [0.2, 0.25) is 11.4 Å². The van der Waals surface area contributed by atoms with E-state index in [1.807, 2.05) is 0 Å². The second-order valence-electron chi connectivity index (χ2n) is 9.57. The first-order valence-corrected chi connectivity index (χ1v) is 11.5. The topological polar surface area (TPSA) is 3.88 Å². The van der Waals surface area contributed by atoms with Gasteiger partial charge in [-0.2, -0.15) is 4.57 Å². The average Bonchev–Trinajstić information content (AvgIpc) is 3.21. The van der Waals surface area contributed by atoms with Crippen molar-refractivity contribution in [3.8, 4) is 22.5 Å². The molecule has 1 heterocycles. The van der Waals surface area contributed by atoms with Crippen LogP contribution in [-0.2, 0) is 7.05 Å². The molecule has 1 aromatic heterocycles. The van der Waals surface area contributed by atoms with Crippen LogP contribution >= 0.6 is 0 Å². The molecule has 4 rings (SSSR count).